The fourth-order valence-electron chi connectivity index (χ4n) is 1.65. The molecule has 0 heterocycles. The number of nitrogens with one attached hydrogen (secondary N) is 1. The topological polar surface area (TPSA) is 84.9 Å². The van der Waals surface area contributed by atoms with E-state index in [1.54, 1.807) is 19.2 Å². The second-order valence-corrected chi connectivity index (χ2v) is 4.28. The van der Waals surface area contributed by atoms with Gasteiger partial charge in [0.2, 0.25) is 5.91 Å². The molecule has 0 aromatic heterocycles. The van der Waals surface area contributed by atoms with Crippen molar-refractivity contribution < 1.29 is 24.2 Å². The van der Waals surface area contributed by atoms with Crippen LogP contribution in [0.15, 0.2) is 24.3 Å². The Kier molecular flexibility index (Phi) is 6.52. The Morgan fingerprint density at radius 2 is 1.90 bits per heavy atom. The second kappa shape index (κ2) is 8.16. The van der Waals surface area contributed by atoms with Gasteiger partial charge in [-0.2, -0.15) is 0 Å². The van der Waals surface area contributed by atoms with Crippen molar-refractivity contribution in [3.05, 3.63) is 29.8 Å². The molecule has 1 aromatic carbocycles. The highest BCUT2D eigenvalue weighted by Crippen LogP contribution is 2.11. The smallest absolute Gasteiger partial charge is 0.306 e. The molecule has 2 N–H and O–H groups in total. The van der Waals surface area contributed by atoms with Crippen LogP contribution in [-0.4, -0.2) is 43.9 Å². The summed E-state index contributed by atoms with van der Waals surface area (Å²) in [4.78, 5) is 22.3. The monoisotopic (exact) mass is 281 g/mol. The molecule has 0 bridgehead atoms. The summed E-state index contributed by atoms with van der Waals surface area (Å²) >= 11 is 0. The summed E-state index contributed by atoms with van der Waals surface area (Å²) in [5.74, 6) is -0.404. The number of hydrogen-bond acceptors (Lipinski definition) is 4. The summed E-state index contributed by atoms with van der Waals surface area (Å²) < 4.78 is 10.0. The zero-order valence-corrected chi connectivity index (χ0v) is 11.6. The molecule has 0 radical (unpaired) electrons. The number of aliphatic carboxylic acids is 1. The molecule has 0 aliphatic rings. The first-order valence-corrected chi connectivity index (χ1v) is 6.19. The van der Waals surface area contributed by atoms with Crippen LogP contribution in [0.2, 0.25) is 0 Å². The molecule has 1 unspecified atom stereocenters. The quantitative estimate of drug-likeness (QED) is 0.737. The molecular weight excluding hydrogens is 262 g/mol. The summed E-state index contributed by atoms with van der Waals surface area (Å²) in [6.45, 7) is 0.178. The molecule has 0 saturated carbocycles. The third-order valence-electron chi connectivity index (χ3n) is 2.79. The van der Waals surface area contributed by atoms with Gasteiger partial charge in [-0.3, -0.25) is 9.59 Å². The van der Waals surface area contributed by atoms with Gasteiger partial charge >= 0.3 is 5.97 Å². The fourth-order valence-corrected chi connectivity index (χ4v) is 1.65. The van der Waals surface area contributed by atoms with E-state index in [-0.39, 0.29) is 25.3 Å². The van der Waals surface area contributed by atoms with Crippen LogP contribution in [0.1, 0.15) is 12.0 Å². The van der Waals surface area contributed by atoms with Crippen LogP contribution in [0, 0.1) is 0 Å². The average molecular weight is 281 g/mol. The third kappa shape index (κ3) is 5.71. The van der Waals surface area contributed by atoms with Crippen molar-refractivity contribution in [2.24, 2.45) is 0 Å². The van der Waals surface area contributed by atoms with Crippen LogP contribution in [0.25, 0.3) is 0 Å². The predicted molar refractivity (Wildman–Crippen MR) is 72.8 cm³/mol. The largest absolute Gasteiger partial charge is 0.497 e. The molecule has 110 valence electrons. The molecular formula is C14H19NO5. The highest BCUT2D eigenvalue weighted by Gasteiger charge is 2.13. The number of amides is 1. The van der Waals surface area contributed by atoms with E-state index >= 15 is 0 Å². The van der Waals surface area contributed by atoms with Crippen LogP contribution in [0.3, 0.4) is 0 Å². The number of benzene rings is 1. The van der Waals surface area contributed by atoms with Crippen molar-refractivity contribution in [2.45, 2.75) is 18.9 Å². The minimum Gasteiger partial charge on any atom is -0.497 e. The third-order valence-corrected chi connectivity index (χ3v) is 2.79. The maximum Gasteiger partial charge on any atom is 0.306 e. The van der Waals surface area contributed by atoms with Crippen LogP contribution in [0.5, 0.6) is 5.75 Å². The number of carbonyl (C=O) groups is 2. The van der Waals surface area contributed by atoms with E-state index in [2.05, 4.69) is 5.32 Å². The number of rotatable bonds is 8. The van der Waals surface area contributed by atoms with Crippen molar-refractivity contribution in [3.63, 3.8) is 0 Å². The summed E-state index contributed by atoms with van der Waals surface area (Å²) in [6.07, 6.45) is -0.431. The van der Waals surface area contributed by atoms with E-state index in [1.807, 2.05) is 12.1 Å². The lowest BCUT2D eigenvalue weighted by molar-refractivity contribution is -0.140. The Balaban J connectivity index is 2.40. The van der Waals surface area contributed by atoms with E-state index in [0.29, 0.717) is 0 Å². The Morgan fingerprint density at radius 1 is 1.25 bits per heavy atom. The van der Waals surface area contributed by atoms with Gasteiger partial charge in [-0.15, -0.1) is 0 Å². The zero-order chi connectivity index (χ0) is 15.0. The van der Waals surface area contributed by atoms with Gasteiger partial charge in [0.25, 0.3) is 0 Å². The molecule has 0 aliphatic carbocycles. The van der Waals surface area contributed by atoms with E-state index in [4.69, 9.17) is 14.6 Å². The average Bonchev–Trinajstić information content (AvgIpc) is 2.44. The van der Waals surface area contributed by atoms with Crippen molar-refractivity contribution in [1.82, 2.24) is 5.32 Å². The highest BCUT2D eigenvalue weighted by molar-refractivity contribution is 5.78. The lowest BCUT2D eigenvalue weighted by atomic mass is 10.1. The van der Waals surface area contributed by atoms with Gasteiger partial charge < -0.3 is 19.9 Å². The lowest BCUT2D eigenvalue weighted by Crippen LogP contribution is -2.35. The van der Waals surface area contributed by atoms with Crippen LogP contribution in [0.4, 0.5) is 0 Å². The number of hydrogen-bond donors (Lipinski definition) is 2. The molecule has 1 rings (SSSR count). The maximum atomic E-state index is 11.7. The first kappa shape index (κ1) is 16.0. The Morgan fingerprint density at radius 3 is 2.40 bits per heavy atom. The molecule has 20 heavy (non-hydrogen) atoms. The number of ether oxygens (including phenoxy) is 2. The SMILES string of the molecule is COc1ccc(CC(=O)NCC(CC(=O)O)OC)cc1. The number of carboxylic acid groups (broad SMARTS) is 1. The van der Waals surface area contributed by atoms with Gasteiger partial charge in [-0.05, 0) is 17.7 Å². The lowest BCUT2D eigenvalue weighted by Gasteiger charge is -2.14. The second-order valence-electron chi connectivity index (χ2n) is 4.28. The van der Waals surface area contributed by atoms with Gasteiger partial charge in [0, 0.05) is 13.7 Å². The molecule has 1 aromatic rings. The molecule has 0 saturated heterocycles. The van der Waals surface area contributed by atoms with Crippen molar-refractivity contribution >= 4 is 11.9 Å². The van der Waals surface area contributed by atoms with Crippen LogP contribution in [-0.2, 0) is 20.7 Å². The summed E-state index contributed by atoms with van der Waals surface area (Å²) in [7, 11) is 3.00. The van der Waals surface area contributed by atoms with Crippen molar-refractivity contribution in [3.8, 4) is 5.75 Å². The van der Waals surface area contributed by atoms with Gasteiger partial charge in [-0.1, -0.05) is 12.1 Å². The van der Waals surface area contributed by atoms with E-state index in [1.165, 1.54) is 7.11 Å². The zero-order valence-electron chi connectivity index (χ0n) is 11.6. The molecule has 6 heteroatoms. The number of methoxy groups -OCH3 is 2. The minimum absolute atomic E-state index is 0.140. The van der Waals surface area contributed by atoms with E-state index in [9.17, 15) is 9.59 Å². The normalized spacial score (nSPS) is 11.7. The van der Waals surface area contributed by atoms with Crippen molar-refractivity contribution in [2.75, 3.05) is 20.8 Å². The van der Waals surface area contributed by atoms with Crippen LogP contribution >= 0.6 is 0 Å². The maximum absolute atomic E-state index is 11.7. The van der Waals surface area contributed by atoms with Crippen molar-refractivity contribution in [1.29, 1.82) is 0 Å². The highest BCUT2D eigenvalue weighted by atomic mass is 16.5. The molecule has 0 aliphatic heterocycles. The Labute approximate surface area is 117 Å². The summed E-state index contributed by atoms with van der Waals surface area (Å²) in [6, 6.07) is 7.18. The molecule has 0 spiro atoms. The summed E-state index contributed by atoms with van der Waals surface area (Å²) in [5.41, 5.74) is 0.857. The minimum atomic E-state index is -0.957. The Hall–Kier alpha value is -2.08. The summed E-state index contributed by atoms with van der Waals surface area (Å²) in [5, 5.41) is 11.3. The number of carboxylic acids is 1. The molecule has 1 atom stereocenters. The van der Waals surface area contributed by atoms with Gasteiger partial charge in [0.15, 0.2) is 0 Å². The molecule has 1 amide bonds. The van der Waals surface area contributed by atoms with Gasteiger partial charge in [0.1, 0.15) is 5.75 Å². The number of carbonyl (C=O) groups excluding carboxylic acids is 1. The van der Waals surface area contributed by atoms with E-state index in [0.717, 1.165) is 11.3 Å². The van der Waals surface area contributed by atoms with Gasteiger partial charge in [-0.25, -0.2) is 0 Å². The van der Waals surface area contributed by atoms with Gasteiger partial charge in [0.05, 0.1) is 26.1 Å². The first-order valence-electron chi connectivity index (χ1n) is 6.19. The first-order chi connectivity index (χ1) is 9.55. The fraction of sp³-hybridized carbons (Fsp3) is 0.429. The Bertz CT molecular complexity index is 443. The van der Waals surface area contributed by atoms with Crippen LogP contribution < -0.4 is 10.1 Å². The van der Waals surface area contributed by atoms with E-state index < -0.39 is 12.1 Å². The predicted octanol–water partition coefficient (Wildman–Crippen LogP) is 0.844. The standard InChI is InChI=1S/C14H19NO5/c1-19-11-5-3-10(4-6-11)7-13(16)15-9-12(20-2)8-14(17)18/h3-6,12H,7-9H2,1-2H3,(H,15,16)(H,17,18). The molecule has 6 nitrogen and oxygen atoms in total. The molecule has 0 fully saturated rings.